The predicted molar refractivity (Wildman–Crippen MR) is 44.8 cm³/mol. The summed E-state index contributed by atoms with van der Waals surface area (Å²) in [5, 5.41) is 8.22. The third-order valence-electron chi connectivity index (χ3n) is 1.28. The second-order valence-corrected chi connectivity index (χ2v) is 3.91. The highest BCUT2D eigenvalue weighted by atomic mass is 32.2. The van der Waals surface area contributed by atoms with Crippen LogP contribution in [-0.2, 0) is 10.0 Å². The molecule has 0 spiro atoms. The van der Waals surface area contributed by atoms with E-state index in [0.29, 0.717) is 0 Å². The lowest BCUT2D eigenvalue weighted by Gasteiger charge is -2.01. The van der Waals surface area contributed by atoms with Gasteiger partial charge in [-0.2, -0.15) is 0 Å². The van der Waals surface area contributed by atoms with E-state index >= 15 is 0 Å². The average molecular weight is 201 g/mol. The van der Waals surface area contributed by atoms with Gasteiger partial charge in [0.05, 0.1) is 4.90 Å². The van der Waals surface area contributed by atoms with Crippen molar-refractivity contribution in [1.29, 1.82) is 0 Å². The lowest BCUT2D eigenvalue weighted by molar-refractivity contribution is 0.201. The zero-order chi connectivity index (χ0) is 9.90. The number of sulfonamides is 1. The number of amides is 1. The molecule has 0 saturated heterocycles. The van der Waals surface area contributed by atoms with Crippen molar-refractivity contribution in [2.75, 3.05) is 0 Å². The van der Waals surface area contributed by atoms with Gasteiger partial charge < -0.3 is 5.11 Å². The van der Waals surface area contributed by atoms with Crippen LogP contribution < -0.4 is 4.72 Å². The largest absolute Gasteiger partial charge is 0.464 e. The van der Waals surface area contributed by atoms with Crippen LogP contribution in [-0.4, -0.2) is 19.6 Å². The Bertz CT molecular complexity index is 398. The zero-order valence-electron chi connectivity index (χ0n) is 6.47. The van der Waals surface area contributed by atoms with Gasteiger partial charge in [0, 0.05) is 0 Å². The van der Waals surface area contributed by atoms with E-state index in [4.69, 9.17) is 5.11 Å². The van der Waals surface area contributed by atoms with Crippen LogP contribution in [0.25, 0.3) is 0 Å². The molecule has 0 aliphatic carbocycles. The van der Waals surface area contributed by atoms with E-state index in [-0.39, 0.29) is 4.90 Å². The summed E-state index contributed by atoms with van der Waals surface area (Å²) in [4.78, 5) is 10.0. The van der Waals surface area contributed by atoms with Crippen LogP contribution in [0.3, 0.4) is 0 Å². The van der Waals surface area contributed by atoms with E-state index in [2.05, 4.69) is 0 Å². The van der Waals surface area contributed by atoms with E-state index in [0.717, 1.165) is 0 Å². The van der Waals surface area contributed by atoms with Crippen molar-refractivity contribution in [3.05, 3.63) is 30.3 Å². The number of hydrogen-bond donors (Lipinski definition) is 2. The van der Waals surface area contributed by atoms with Gasteiger partial charge in [0.15, 0.2) is 0 Å². The number of hydrogen-bond acceptors (Lipinski definition) is 3. The Morgan fingerprint density at radius 2 is 1.77 bits per heavy atom. The third-order valence-corrected chi connectivity index (χ3v) is 2.61. The van der Waals surface area contributed by atoms with Crippen LogP contribution in [0, 0.1) is 0 Å². The summed E-state index contributed by atoms with van der Waals surface area (Å²) < 4.78 is 23.7. The fraction of sp³-hybridized carbons (Fsp3) is 0. The van der Waals surface area contributed by atoms with Crippen molar-refractivity contribution >= 4 is 16.1 Å². The summed E-state index contributed by atoms with van der Waals surface area (Å²) in [5.41, 5.74) is 0. The molecule has 6 heteroatoms. The maximum atomic E-state index is 11.2. The molecular formula is C7H7NO4S. The molecule has 1 aromatic carbocycles. The number of carboxylic acid groups (broad SMARTS) is 1. The second-order valence-electron chi connectivity index (χ2n) is 2.22. The van der Waals surface area contributed by atoms with Crippen molar-refractivity contribution < 1.29 is 18.3 Å². The molecule has 0 aliphatic heterocycles. The highest BCUT2D eigenvalue weighted by molar-refractivity contribution is 7.90. The smallest absolute Gasteiger partial charge is 0.418 e. The Kier molecular flexibility index (Phi) is 2.52. The fourth-order valence-corrected chi connectivity index (χ4v) is 1.64. The second kappa shape index (κ2) is 3.44. The Balaban J connectivity index is 3.02. The summed E-state index contributed by atoms with van der Waals surface area (Å²) >= 11 is 0. The van der Waals surface area contributed by atoms with Crippen LogP contribution in [0.4, 0.5) is 4.79 Å². The standard InChI is InChI=1S/C7H7NO4S/c9-7(10)8-13(11,12)6-4-2-1-3-5-6/h1-5,8H,(H,9,10). The van der Waals surface area contributed by atoms with Gasteiger partial charge in [-0.15, -0.1) is 0 Å². The summed E-state index contributed by atoms with van der Waals surface area (Å²) in [6, 6.07) is 7.28. The lowest BCUT2D eigenvalue weighted by atomic mass is 10.4. The van der Waals surface area contributed by atoms with E-state index in [1.807, 2.05) is 0 Å². The van der Waals surface area contributed by atoms with Crippen molar-refractivity contribution in [3.8, 4) is 0 Å². The molecule has 1 rings (SSSR count). The zero-order valence-corrected chi connectivity index (χ0v) is 7.28. The molecule has 0 heterocycles. The Labute approximate surface area is 75.1 Å². The minimum Gasteiger partial charge on any atom is -0.464 e. The molecule has 13 heavy (non-hydrogen) atoms. The van der Waals surface area contributed by atoms with Gasteiger partial charge in [0.25, 0.3) is 10.0 Å². The van der Waals surface area contributed by atoms with E-state index in [1.165, 1.54) is 29.0 Å². The summed E-state index contributed by atoms with van der Waals surface area (Å²) in [6.45, 7) is 0. The molecule has 5 nitrogen and oxygen atoms in total. The van der Waals surface area contributed by atoms with Gasteiger partial charge in [0.2, 0.25) is 0 Å². The summed E-state index contributed by atoms with van der Waals surface area (Å²) in [5.74, 6) is 0. The molecule has 0 aromatic heterocycles. The number of carbonyl (C=O) groups is 1. The van der Waals surface area contributed by atoms with Crippen molar-refractivity contribution in [3.63, 3.8) is 0 Å². The van der Waals surface area contributed by atoms with Crippen LogP contribution >= 0.6 is 0 Å². The minimum absolute atomic E-state index is 0.0719. The Morgan fingerprint density at radius 1 is 1.23 bits per heavy atom. The summed E-state index contributed by atoms with van der Waals surface area (Å²) in [6.07, 6.45) is -1.59. The SMILES string of the molecule is O=C(O)NS(=O)(=O)c1ccccc1. The Hall–Kier alpha value is -1.56. The maximum Gasteiger partial charge on any atom is 0.418 e. The lowest BCUT2D eigenvalue weighted by Crippen LogP contribution is -2.28. The maximum absolute atomic E-state index is 11.2. The molecular weight excluding hydrogens is 194 g/mol. The van der Waals surface area contributed by atoms with Crippen molar-refractivity contribution in [2.24, 2.45) is 0 Å². The fourth-order valence-electron chi connectivity index (χ4n) is 0.774. The molecule has 0 saturated carbocycles. The van der Waals surface area contributed by atoms with E-state index < -0.39 is 16.1 Å². The first-order valence-corrected chi connectivity index (χ1v) is 4.81. The molecule has 1 amide bonds. The van der Waals surface area contributed by atoms with Crippen molar-refractivity contribution in [1.82, 2.24) is 4.72 Å². The highest BCUT2D eigenvalue weighted by Crippen LogP contribution is 2.06. The Morgan fingerprint density at radius 3 is 2.23 bits per heavy atom. The van der Waals surface area contributed by atoms with Gasteiger partial charge in [0.1, 0.15) is 0 Å². The van der Waals surface area contributed by atoms with Gasteiger partial charge >= 0.3 is 6.09 Å². The van der Waals surface area contributed by atoms with Gasteiger partial charge in [-0.1, -0.05) is 18.2 Å². The molecule has 0 unspecified atom stereocenters. The molecule has 0 fully saturated rings. The monoisotopic (exact) mass is 201 g/mol. The molecule has 70 valence electrons. The first-order chi connectivity index (χ1) is 6.02. The van der Waals surface area contributed by atoms with E-state index in [9.17, 15) is 13.2 Å². The number of benzene rings is 1. The van der Waals surface area contributed by atoms with Gasteiger partial charge in [-0.3, -0.25) is 0 Å². The van der Waals surface area contributed by atoms with Gasteiger partial charge in [-0.25, -0.2) is 17.9 Å². The molecule has 0 atom stereocenters. The van der Waals surface area contributed by atoms with Crippen LogP contribution in [0.5, 0.6) is 0 Å². The van der Waals surface area contributed by atoms with Crippen LogP contribution in [0.1, 0.15) is 0 Å². The quantitative estimate of drug-likeness (QED) is 0.735. The average Bonchev–Trinajstić information content (AvgIpc) is 2.04. The normalized spacial score (nSPS) is 10.8. The number of rotatable bonds is 2. The first kappa shape index (κ1) is 9.53. The molecule has 0 radical (unpaired) electrons. The molecule has 0 aliphatic rings. The number of nitrogens with one attached hydrogen (secondary N) is 1. The molecule has 2 N–H and O–H groups in total. The van der Waals surface area contributed by atoms with Crippen molar-refractivity contribution in [2.45, 2.75) is 4.90 Å². The minimum atomic E-state index is -3.91. The molecule has 1 aromatic rings. The highest BCUT2D eigenvalue weighted by Gasteiger charge is 2.15. The van der Waals surface area contributed by atoms with Crippen LogP contribution in [0.2, 0.25) is 0 Å². The van der Waals surface area contributed by atoms with E-state index in [1.54, 1.807) is 6.07 Å². The van der Waals surface area contributed by atoms with Crippen LogP contribution in [0.15, 0.2) is 35.2 Å². The molecule has 0 bridgehead atoms. The first-order valence-electron chi connectivity index (χ1n) is 3.33. The summed E-state index contributed by atoms with van der Waals surface area (Å²) in [7, 11) is -3.91. The van der Waals surface area contributed by atoms with Gasteiger partial charge in [-0.05, 0) is 12.1 Å². The third kappa shape index (κ3) is 2.45. The topological polar surface area (TPSA) is 83.5 Å². The predicted octanol–water partition coefficient (Wildman–Crippen LogP) is 0.643.